The van der Waals surface area contributed by atoms with E-state index in [1.165, 1.54) is 16.2 Å². The van der Waals surface area contributed by atoms with Gasteiger partial charge in [0.25, 0.3) is 0 Å². The fourth-order valence-electron chi connectivity index (χ4n) is 4.82. The summed E-state index contributed by atoms with van der Waals surface area (Å²) in [5, 5.41) is 3.35. The van der Waals surface area contributed by atoms with Gasteiger partial charge >= 0.3 is 0 Å². The van der Waals surface area contributed by atoms with Crippen molar-refractivity contribution in [2.24, 2.45) is 16.7 Å². The van der Waals surface area contributed by atoms with Crippen molar-refractivity contribution in [1.82, 2.24) is 9.88 Å². The van der Waals surface area contributed by atoms with Gasteiger partial charge in [-0.25, -0.2) is 4.98 Å². The topological polar surface area (TPSA) is 79.4 Å². The second kappa shape index (κ2) is 7.30. The maximum absolute atomic E-state index is 13.1. The first-order valence-electron chi connectivity index (χ1n) is 10.3. The molecular weight excluding hydrogens is 398 g/mol. The Balaban J connectivity index is 1.41. The van der Waals surface area contributed by atoms with Crippen molar-refractivity contribution >= 4 is 34.2 Å². The van der Waals surface area contributed by atoms with Crippen LogP contribution in [0.4, 0.5) is 5.13 Å². The number of anilines is 1. The Morgan fingerprint density at radius 1 is 1.23 bits per heavy atom. The summed E-state index contributed by atoms with van der Waals surface area (Å²) >= 11 is 1.42. The number of benzene rings is 1. The first kappa shape index (κ1) is 20.7. The molecule has 6 nitrogen and oxygen atoms in total. The van der Waals surface area contributed by atoms with Gasteiger partial charge in [-0.05, 0) is 25.2 Å². The van der Waals surface area contributed by atoms with E-state index in [1.54, 1.807) is 0 Å². The van der Waals surface area contributed by atoms with E-state index >= 15 is 0 Å². The zero-order chi connectivity index (χ0) is 21.7. The van der Waals surface area contributed by atoms with Gasteiger partial charge < -0.3 is 5.32 Å². The average Bonchev–Trinajstić information content (AvgIpc) is 3.15. The number of imide groups is 1. The molecule has 1 N–H and O–H groups in total. The molecule has 1 aliphatic heterocycles. The lowest BCUT2D eigenvalue weighted by molar-refractivity contribution is -0.167. The van der Waals surface area contributed by atoms with Crippen molar-refractivity contribution in [1.29, 1.82) is 0 Å². The van der Waals surface area contributed by atoms with Gasteiger partial charge in [0, 0.05) is 29.3 Å². The lowest BCUT2D eigenvalue weighted by atomic mass is 9.62. The molecule has 2 aromatic rings. The maximum atomic E-state index is 13.1. The van der Waals surface area contributed by atoms with Crippen molar-refractivity contribution in [3.8, 4) is 11.3 Å². The van der Waals surface area contributed by atoms with Crippen LogP contribution in [0.2, 0.25) is 0 Å². The zero-order valence-corrected chi connectivity index (χ0v) is 18.6. The van der Waals surface area contributed by atoms with Gasteiger partial charge in [0.15, 0.2) is 5.13 Å². The molecule has 4 rings (SSSR count). The largest absolute Gasteiger partial charge is 0.302 e. The number of aromatic nitrogens is 1. The zero-order valence-electron chi connectivity index (χ0n) is 17.8. The molecule has 3 amide bonds. The van der Waals surface area contributed by atoms with Crippen molar-refractivity contribution in [3.05, 3.63) is 35.2 Å². The monoisotopic (exact) mass is 425 g/mol. The number of fused-ring (bicyclic) bond motifs is 2. The highest BCUT2D eigenvalue weighted by Crippen LogP contribution is 2.60. The Bertz CT molecular complexity index is 1010. The van der Waals surface area contributed by atoms with E-state index in [2.05, 4.69) is 10.3 Å². The fourth-order valence-corrected chi connectivity index (χ4v) is 5.67. The quantitative estimate of drug-likeness (QED) is 0.726. The van der Waals surface area contributed by atoms with Crippen molar-refractivity contribution in [2.75, 3.05) is 11.9 Å². The van der Waals surface area contributed by atoms with E-state index in [1.807, 2.05) is 58.0 Å². The van der Waals surface area contributed by atoms with Crippen LogP contribution in [0.1, 0.15) is 44.9 Å². The van der Waals surface area contributed by atoms with Gasteiger partial charge in [-0.1, -0.05) is 51.1 Å². The molecule has 0 radical (unpaired) electrons. The molecule has 2 atom stereocenters. The van der Waals surface area contributed by atoms with Crippen molar-refractivity contribution in [3.63, 3.8) is 0 Å². The number of hydrogen-bond donors (Lipinski definition) is 1. The molecule has 1 saturated carbocycles. The second-order valence-electron chi connectivity index (χ2n) is 9.03. The Kier molecular flexibility index (Phi) is 5.04. The Morgan fingerprint density at radius 3 is 2.63 bits per heavy atom. The van der Waals surface area contributed by atoms with E-state index in [0.29, 0.717) is 5.13 Å². The summed E-state index contributed by atoms with van der Waals surface area (Å²) in [5.74, 6) is -0.677. The fraction of sp³-hybridized carbons (Fsp3) is 0.478. The van der Waals surface area contributed by atoms with Gasteiger partial charge in [-0.15, -0.1) is 11.3 Å². The van der Waals surface area contributed by atoms with Gasteiger partial charge in [0.1, 0.15) is 0 Å². The number of likely N-dealkylation sites (tertiary alicyclic amines) is 1. The predicted molar refractivity (Wildman–Crippen MR) is 117 cm³/mol. The van der Waals surface area contributed by atoms with E-state index in [0.717, 1.165) is 29.0 Å². The van der Waals surface area contributed by atoms with Gasteiger partial charge in [-0.3, -0.25) is 19.3 Å². The lowest BCUT2D eigenvalue weighted by Gasteiger charge is -2.47. The molecular formula is C23H27N3O3S. The molecule has 2 bridgehead atoms. The van der Waals surface area contributed by atoms with Crippen molar-refractivity contribution < 1.29 is 14.4 Å². The Morgan fingerprint density at radius 2 is 1.93 bits per heavy atom. The summed E-state index contributed by atoms with van der Waals surface area (Å²) in [6.45, 7) is 8.07. The molecule has 2 aliphatic rings. The number of carbonyl (C=O) groups excluding carboxylic acids is 3. The number of piperidine rings is 1. The summed E-state index contributed by atoms with van der Waals surface area (Å²) in [5.41, 5.74) is 0.970. The highest BCUT2D eigenvalue weighted by Gasteiger charge is 2.64. The molecule has 30 heavy (non-hydrogen) atoms. The van der Waals surface area contributed by atoms with Crippen LogP contribution in [-0.4, -0.2) is 34.2 Å². The smallest absolute Gasteiger partial charge is 0.235 e. The van der Waals surface area contributed by atoms with Gasteiger partial charge in [-0.2, -0.15) is 0 Å². The minimum absolute atomic E-state index is 0.0695. The predicted octanol–water partition coefficient (Wildman–Crippen LogP) is 4.26. The van der Waals surface area contributed by atoms with Crippen LogP contribution < -0.4 is 5.32 Å². The molecule has 158 valence electrons. The molecule has 2 fully saturated rings. The number of thiazole rings is 1. The highest BCUT2D eigenvalue weighted by atomic mass is 32.1. The number of nitrogens with zero attached hydrogens (tertiary/aromatic N) is 2. The van der Waals surface area contributed by atoms with Crippen LogP contribution in [0, 0.1) is 23.7 Å². The summed E-state index contributed by atoms with van der Waals surface area (Å²) in [6.07, 6.45) is 1.52. The summed E-state index contributed by atoms with van der Waals surface area (Å²) in [4.78, 5) is 45.4. The molecule has 1 aromatic carbocycles. The Labute approximate surface area is 180 Å². The van der Waals surface area contributed by atoms with E-state index in [9.17, 15) is 14.4 Å². The van der Waals surface area contributed by atoms with Crippen LogP contribution in [-0.2, 0) is 14.4 Å². The van der Waals surface area contributed by atoms with Crippen molar-refractivity contribution in [2.45, 2.75) is 47.0 Å². The normalized spacial score (nSPS) is 24.9. The summed E-state index contributed by atoms with van der Waals surface area (Å²) < 4.78 is 0. The number of nitrogens with one attached hydrogen (secondary N) is 1. The minimum Gasteiger partial charge on any atom is -0.302 e. The molecule has 0 spiro atoms. The molecule has 7 heteroatoms. The number of rotatable bonds is 5. The van der Waals surface area contributed by atoms with Gasteiger partial charge in [0.05, 0.1) is 11.1 Å². The number of amides is 3. The molecule has 2 unspecified atom stereocenters. The van der Waals surface area contributed by atoms with Crippen LogP contribution in [0.5, 0.6) is 0 Å². The second-order valence-corrected chi connectivity index (χ2v) is 10.2. The van der Waals surface area contributed by atoms with E-state index in [4.69, 9.17) is 0 Å². The summed E-state index contributed by atoms with van der Waals surface area (Å²) in [7, 11) is 0. The maximum Gasteiger partial charge on any atom is 0.235 e. The molecule has 1 aliphatic carbocycles. The van der Waals surface area contributed by atoms with Crippen LogP contribution >= 0.6 is 11.3 Å². The Hall–Kier alpha value is -2.54. The third kappa shape index (κ3) is 3.16. The lowest BCUT2D eigenvalue weighted by Crippen LogP contribution is -2.59. The van der Waals surface area contributed by atoms with E-state index in [-0.39, 0.29) is 42.0 Å². The average molecular weight is 426 g/mol. The van der Waals surface area contributed by atoms with Crippen LogP contribution in [0.25, 0.3) is 11.3 Å². The first-order valence-corrected chi connectivity index (χ1v) is 11.2. The standard InChI is InChI=1S/C23H27N3O3S/c1-14-18(15-8-6-5-7-9-15)25-21(30-14)24-17(27)11-13-26-19(28)16-10-12-23(4,20(26)29)22(16,2)3/h5-9,16H,10-13H2,1-4H3,(H,24,25,27). The molecule has 1 aromatic heterocycles. The minimum atomic E-state index is -0.543. The number of hydrogen-bond acceptors (Lipinski definition) is 5. The third-order valence-corrected chi connectivity index (χ3v) is 8.05. The SMILES string of the molecule is Cc1sc(NC(=O)CCN2C(=O)C3CCC(C)(C2=O)C3(C)C)nc1-c1ccccc1. The molecule has 2 heterocycles. The first-order chi connectivity index (χ1) is 14.1. The number of carbonyl (C=O) groups is 3. The van der Waals surface area contributed by atoms with Crippen LogP contribution in [0.15, 0.2) is 30.3 Å². The van der Waals surface area contributed by atoms with E-state index < -0.39 is 5.41 Å². The number of aryl methyl sites for hydroxylation is 1. The summed E-state index contributed by atoms with van der Waals surface area (Å²) in [6, 6.07) is 9.82. The van der Waals surface area contributed by atoms with Crippen LogP contribution in [0.3, 0.4) is 0 Å². The van der Waals surface area contributed by atoms with Gasteiger partial charge in [0.2, 0.25) is 17.7 Å². The molecule has 1 saturated heterocycles. The third-order valence-electron chi connectivity index (χ3n) is 7.16. The highest BCUT2D eigenvalue weighted by molar-refractivity contribution is 7.16.